The summed E-state index contributed by atoms with van der Waals surface area (Å²) in [6.07, 6.45) is 0.791. The van der Waals surface area contributed by atoms with Crippen LogP contribution in [0.25, 0.3) is 10.9 Å². The van der Waals surface area contributed by atoms with Gasteiger partial charge in [-0.3, -0.25) is 4.79 Å². The van der Waals surface area contributed by atoms with Gasteiger partial charge in [-0.1, -0.05) is 72.3 Å². The summed E-state index contributed by atoms with van der Waals surface area (Å²) in [5.41, 5.74) is 1.86. The molecule has 9 nitrogen and oxygen atoms in total. The van der Waals surface area contributed by atoms with E-state index in [1.807, 2.05) is 60.7 Å². The average Bonchev–Trinajstić information content (AvgIpc) is 3.36. The topological polar surface area (TPSA) is 107 Å². The van der Waals surface area contributed by atoms with Crippen LogP contribution in [0.15, 0.2) is 84.9 Å². The van der Waals surface area contributed by atoms with E-state index < -0.39 is 22.0 Å². The zero-order valence-corrected chi connectivity index (χ0v) is 24.5. The minimum atomic E-state index is -4.00. The standard InChI is InChI=1S/C31H32ClN3O6S/c32-26-13-5-7-15-29(26)40-18-17-35-27-14-6-4-12-25(27)19-28(35)30(36)33-42(38,39)22-24-11-8-16-34(20-24)31(37)41-21-23-9-2-1-3-10-23/h1-7,9-10,12-15,19,24H,8,11,16-18,20-22H2,(H,33,36). The Morgan fingerprint density at radius 1 is 0.976 bits per heavy atom. The zero-order chi connectivity index (χ0) is 29.5. The van der Waals surface area contributed by atoms with Crippen LogP contribution >= 0.6 is 11.6 Å². The van der Waals surface area contributed by atoms with Crippen molar-refractivity contribution in [2.24, 2.45) is 5.92 Å². The van der Waals surface area contributed by atoms with E-state index in [4.69, 9.17) is 21.1 Å². The van der Waals surface area contributed by atoms with Gasteiger partial charge in [0.1, 0.15) is 24.7 Å². The molecule has 4 aromatic rings. The van der Waals surface area contributed by atoms with Crippen molar-refractivity contribution >= 4 is 44.5 Å². The van der Waals surface area contributed by atoms with Gasteiger partial charge in [0.05, 0.1) is 17.3 Å². The molecule has 1 aromatic heterocycles. The highest BCUT2D eigenvalue weighted by Crippen LogP contribution is 2.25. The van der Waals surface area contributed by atoms with E-state index >= 15 is 0 Å². The van der Waals surface area contributed by atoms with Crippen molar-refractivity contribution in [3.05, 3.63) is 101 Å². The van der Waals surface area contributed by atoms with Gasteiger partial charge in [0.2, 0.25) is 10.0 Å². The highest BCUT2D eigenvalue weighted by molar-refractivity contribution is 7.90. The first kappa shape index (κ1) is 29.5. The van der Waals surface area contributed by atoms with Crippen molar-refractivity contribution in [2.45, 2.75) is 26.0 Å². The SMILES string of the molecule is O=C(NS(=O)(=O)CC1CCCN(C(=O)OCc2ccccc2)C1)c1cc2ccccc2n1CCOc1ccccc1Cl. The summed E-state index contributed by atoms with van der Waals surface area (Å²) in [4.78, 5) is 27.5. The van der Waals surface area contributed by atoms with Crippen molar-refractivity contribution < 1.29 is 27.5 Å². The molecule has 3 aromatic carbocycles. The largest absolute Gasteiger partial charge is 0.490 e. The van der Waals surface area contributed by atoms with Crippen LogP contribution in [0.4, 0.5) is 4.79 Å². The maximum absolute atomic E-state index is 13.3. The molecular weight excluding hydrogens is 578 g/mol. The van der Waals surface area contributed by atoms with Crippen molar-refractivity contribution in [1.29, 1.82) is 0 Å². The predicted octanol–water partition coefficient (Wildman–Crippen LogP) is 5.48. The number of piperidine rings is 1. The summed E-state index contributed by atoms with van der Waals surface area (Å²) in [5.74, 6) is -0.811. The Kier molecular flexibility index (Phi) is 9.34. The maximum atomic E-state index is 13.3. The summed E-state index contributed by atoms with van der Waals surface area (Å²) in [7, 11) is -4.00. The number of ether oxygens (including phenoxy) is 2. The third-order valence-electron chi connectivity index (χ3n) is 7.14. The van der Waals surface area contributed by atoms with Gasteiger partial charge >= 0.3 is 6.09 Å². The molecule has 0 saturated carbocycles. The molecule has 1 saturated heterocycles. The normalized spacial score (nSPS) is 15.4. The molecule has 42 heavy (non-hydrogen) atoms. The molecule has 11 heteroatoms. The van der Waals surface area contributed by atoms with Gasteiger partial charge in [0, 0.05) is 24.0 Å². The summed E-state index contributed by atoms with van der Waals surface area (Å²) < 4.78 is 41.5. The molecule has 1 N–H and O–H groups in total. The van der Waals surface area contributed by atoms with Crippen molar-refractivity contribution in [2.75, 3.05) is 25.4 Å². The Balaban J connectivity index is 1.21. The number of nitrogens with one attached hydrogen (secondary N) is 1. The van der Waals surface area contributed by atoms with Crippen LogP contribution in [0.1, 0.15) is 28.9 Å². The second-order valence-corrected chi connectivity index (χ2v) is 12.4. The number of sulfonamides is 1. The van der Waals surface area contributed by atoms with Crippen LogP contribution in [-0.2, 0) is 27.9 Å². The number of benzene rings is 3. The average molecular weight is 610 g/mol. The minimum absolute atomic E-state index is 0.145. The van der Waals surface area contributed by atoms with Crippen molar-refractivity contribution in [1.82, 2.24) is 14.2 Å². The van der Waals surface area contributed by atoms with Gasteiger partial charge < -0.3 is 18.9 Å². The number of fused-ring (bicyclic) bond motifs is 1. The molecule has 2 amide bonds. The number of nitrogens with zero attached hydrogens (tertiary/aromatic N) is 2. The molecule has 1 fully saturated rings. The molecule has 0 aliphatic carbocycles. The van der Waals surface area contributed by atoms with Gasteiger partial charge in [-0.15, -0.1) is 0 Å². The first-order valence-electron chi connectivity index (χ1n) is 13.7. The van der Waals surface area contributed by atoms with E-state index in [1.165, 1.54) is 4.90 Å². The molecule has 1 unspecified atom stereocenters. The van der Waals surface area contributed by atoms with E-state index in [9.17, 15) is 18.0 Å². The van der Waals surface area contributed by atoms with Gasteiger partial charge in [-0.05, 0) is 48.6 Å². The van der Waals surface area contributed by atoms with Crippen LogP contribution < -0.4 is 9.46 Å². The van der Waals surface area contributed by atoms with Crippen LogP contribution in [0.5, 0.6) is 5.75 Å². The zero-order valence-electron chi connectivity index (χ0n) is 22.9. The van der Waals surface area contributed by atoms with E-state index in [0.29, 0.717) is 36.7 Å². The molecule has 2 heterocycles. The minimum Gasteiger partial charge on any atom is -0.490 e. The quantitative estimate of drug-likeness (QED) is 0.255. The summed E-state index contributed by atoms with van der Waals surface area (Å²) in [6.45, 7) is 1.39. The van der Waals surface area contributed by atoms with E-state index in [-0.39, 0.29) is 37.1 Å². The molecule has 0 radical (unpaired) electrons. The first-order valence-corrected chi connectivity index (χ1v) is 15.8. The lowest BCUT2D eigenvalue weighted by molar-refractivity contribution is 0.0811. The highest BCUT2D eigenvalue weighted by Gasteiger charge is 2.30. The molecule has 1 aliphatic heterocycles. The number of para-hydroxylation sites is 2. The Labute approximate surface area is 250 Å². The van der Waals surface area contributed by atoms with E-state index in [2.05, 4.69) is 4.72 Å². The Morgan fingerprint density at radius 2 is 1.71 bits per heavy atom. The number of halogens is 1. The van der Waals surface area contributed by atoms with E-state index in [0.717, 1.165) is 16.5 Å². The van der Waals surface area contributed by atoms with E-state index in [1.54, 1.807) is 28.8 Å². The highest BCUT2D eigenvalue weighted by atomic mass is 35.5. The lowest BCUT2D eigenvalue weighted by Crippen LogP contribution is -2.44. The lowest BCUT2D eigenvalue weighted by atomic mass is 10.0. The maximum Gasteiger partial charge on any atom is 0.410 e. The second-order valence-electron chi connectivity index (χ2n) is 10.2. The third kappa shape index (κ3) is 7.43. The van der Waals surface area contributed by atoms with Gasteiger partial charge in [0.25, 0.3) is 5.91 Å². The molecule has 220 valence electrons. The summed E-state index contributed by atoms with van der Waals surface area (Å²) >= 11 is 6.19. The monoisotopic (exact) mass is 609 g/mol. The van der Waals surface area contributed by atoms with Crippen molar-refractivity contribution in [3.8, 4) is 5.75 Å². The van der Waals surface area contributed by atoms with Crippen LogP contribution in [0, 0.1) is 5.92 Å². The third-order valence-corrected chi connectivity index (χ3v) is 8.86. The number of hydrogen-bond donors (Lipinski definition) is 1. The van der Waals surface area contributed by atoms with Crippen LogP contribution in [-0.4, -0.2) is 55.3 Å². The first-order chi connectivity index (χ1) is 20.3. The Bertz CT molecular complexity index is 1660. The fourth-order valence-electron chi connectivity index (χ4n) is 5.17. The number of rotatable bonds is 10. The Morgan fingerprint density at radius 3 is 2.52 bits per heavy atom. The fourth-order valence-corrected chi connectivity index (χ4v) is 6.72. The number of hydrogen-bond acceptors (Lipinski definition) is 6. The smallest absolute Gasteiger partial charge is 0.410 e. The predicted molar refractivity (Wildman–Crippen MR) is 161 cm³/mol. The fraction of sp³-hybridized carbons (Fsp3) is 0.290. The van der Waals surface area contributed by atoms with Crippen molar-refractivity contribution in [3.63, 3.8) is 0 Å². The molecule has 0 bridgehead atoms. The number of carbonyl (C=O) groups excluding carboxylic acids is 2. The second kappa shape index (κ2) is 13.3. The molecule has 1 atom stereocenters. The molecule has 0 spiro atoms. The number of carbonyl (C=O) groups is 2. The van der Waals surface area contributed by atoms with Gasteiger partial charge in [0.15, 0.2) is 0 Å². The van der Waals surface area contributed by atoms with Gasteiger partial charge in [-0.2, -0.15) is 0 Å². The number of amides is 2. The number of aromatic nitrogens is 1. The van der Waals surface area contributed by atoms with Crippen LogP contribution in [0.3, 0.4) is 0 Å². The lowest BCUT2D eigenvalue weighted by Gasteiger charge is -2.31. The molecular formula is C31H32ClN3O6S. The Hall–Kier alpha value is -4.02. The van der Waals surface area contributed by atoms with Gasteiger partial charge in [-0.25, -0.2) is 17.9 Å². The summed E-state index contributed by atoms with van der Waals surface area (Å²) in [5, 5.41) is 1.28. The van der Waals surface area contributed by atoms with Crippen LogP contribution in [0.2, 0.25) is 5.02 Å². The molecule has 5 rings (SSSR count). The number of likely N-dealkylation sites (tertiary alicyclic amines) is 1. The summed E-state index contributed by atoms with van der Waals surface area (Å²) in [6, 6.07) is 25.6. The molecule has 1 aliphatic rings.